The van der Waals surface area contributed by atoms with E-state index >= 15 is 0 Å². The quantitative estimate of drug-likeness (QED) is 0.579. The molecule has 2 bridgehead atoms. The van der Waals surface area contributed by atoms with Gasteiger partial charge in [-0.05, 0) is 55.9 Å². The van der Waals surface area contributed by atoms with Crippen LogP contribution < -0.4 is 0 Å². The molecule has 5 atom stereocenters. The van der Waals surface area contributed by atoms with Gasteiger partial charge in [0.2, 0.25) is 0 Å². The van der Waals surface area contributed by atoms with Gasteiger partial charge in [0.1, 0.15) is 6.04 Å². The molecule has 0 aromatic rings. The van der Waals surface area contributed by atoms with E-state index < -0.39 is 0 Å². The van der Waals surface area contributed by atoms with Gasteiger partial charge in [0.15, 0.2) is 0 Å². The number of ether oxygens (including phenoxy) is 1. The first-order valence-electron chi connectivity index (χ1n) is 7.67. The maximum absolute atomic E-state index is 12.0. The third kappa shape index (κ3) is 2.58. The van der Waals surface area contributed by atoms with Crippen molar-refractivity contribution in [2.75, 3.05) is 20.2 Å². The summed E-state index contributed by atoms with van der Waals surface area (Å²) in [6.45, 7) is 4.38. The van der Waals surface area contributed by atoms with Crippen LogP contribution in [0.3, 0.4) is 0 Å². The Morgan fingerprint density at radius 1 is 1.32 bits per heavy atom. The average molecular weight is 263 g/mol. The summed E-state index contributed by atoms with van der Waals surface area (Å²) in [4.78, 5) is 14.4. The molecule has 19 heavy (non-hydrogen) atoms. The van der Waals surface area contributed by atoms with E-state index in [-0.39, 0.29) is 12.0 Å². The molecule has 2 aliphatic carbocycles. The van der Waals surface area contributed by atoms with Crippen molar-refractivity contribution in [2.45, 2.75) is 38.6 Å². The minimum Gasteiger partial charge on any atom is -0.468 e. The molecule has 0 aromatic heterocycles. The van der Waals surface area contributed by atoms with Gasteiger partial charge in [0, 0.05) is 6.54 Å². The minimum absolute atomic E-state index is 0.00291. The number of esters is 1. The highest BCUT2D eigenvalue weighted by molar-refractivity contribution is 5.75. The summed E-state index contributed by atoms with van der Waals surface area (Å²) < 4.78 is 5.00. The van der Waals surface area contributed by atoms with Gasteiger partial charge in [-0.3, -0.25) is 9.69 Å². The lowest BCUT2D eigenvalue weighted by molar-refractivity contribution is -0.149. The maximum Gasteiger partial charge on any atom is 0.323 e. The Kier molecular flexibility index (Phi) is 3.66. The molecule has 1 saturated carbocycles. The van der Waals surface area contributed by atoms with E-state index in [9.17, 15) is 4.79 Å². The lowest BCUT2D eigenvalue weighted by Gasteiger charge is -2.39. The third-order valence-corrected chi connectivity index (χ3v) is 5.33. The van der Waals surface area contributed by atoms with Gasteiger partial charge in [-0.2, -0.15) is 0 Å². The number of methoxy groups -OCH3 is 1. The van der Waals surface area contributed by atoms with Gasteiger partial charge in [-0.1, -0.05) is 19.1 Å². The average Bonchev–Trinajstić information content (AvgIpc) is 3.02. The number of hydrogen-bond acceptors (Lipinski definition) is 3. The fourth-order valence-corrected chi connectivity index (χ4v) is 4.20. The van der Waals surface area contributed by atoms with Crippen LogP contribution in [0.25, 0.3) is 0 Å². The summed E-state index contributed by atoms with van der Waals surface area (Å²) in [6.07, 6.45) is 9.63. The fraction of sp³-hybridized carbons (Fsp3) is 0.812. The molecule has 0 aromatic carbocycles. The van der Waals surface area contributed by atoms with Crippen LogP contribution in [0.4, 0.5) is 0 Å². The highest BCUT2D eigenvalue weighted by atomic mass is 16.5. The first-order valence-corrected chi connectivity index (χ1v) is 7.67. The van der Waals surface area contributed by atoms with Gasteiger partial charge < -0.3 is 4.74 Å². The van der Waals surface area contributed by atoms with Crippen LogP contribution >= 0.6 is 0 Å². The number of carbonyl (C=O) groups excluding carboxylic acids is 1. The summed E-state index contributed by atoms with van der Waals surface area (Å²) in [5, 5.41) is 0. The third-order valence-electron chi connectivity index (χ3n) is 5.33. The monoisotopic (exact) mass is 263 g/mol. The van der Waals surface area contributed by atoms with Crippen molar-refractivity contribution >= 4 is 5.97 Å². The van der Waals surface area contributed by atoms with Crippen LogP contribution in [-0.4, -0.2) is 37.1 Å². The summed E-state index contributed by atoms with van der Waals surface area (Å²) >= 11 is 0. The number of hydrogen-bond donors (Lipinski definition) is 0. The van der Waals surface area contributed by atoms with Gasteiger partial charge in [0.05, 0.1) is 7.11 Å². The highest BCUT2D eigenvalue weighted by Gasteiger charge is 2.39. The number of piperidine rings is 1. The van der Waals surface area contributed by atoms with Crippen molar-refractivity contribution in [1.82, 2.24) is 4.90 Å². The number of allylic oxidation sites excluding steroid dienone is 2. The number of likely N-dealkylation sites (tertiary alicyclic amines) is 1. The molecule has 106 valence electrons. The van der Waals surface area contributed by atoms with Gasteiger partial charge in [0.25, 0.3) is 0 Å². The zero-order valence-electron chi connectivity index (χ0n) is 12.0. The molecule has 3 nitrogen and oxygen atoms in total. The van der Waals surface area contributed by atoms with E-state index in [4.69, 9.17) is 4.74 Å². The minimum atomic E-state index is -0.0368. The number of nitrogens with zero attached hydrogens (tertiary/aromatic N) is 1. The molecular formula is C16H25NO2. The molecule has 0 amide bonds. The summed E-state index contributed by atoms with van der Waals surface area (Å²) in [5.41, 5.74) is 0. The molecule has 0 radical (unpaired) electrons. The van der Waals surface area contributed by atoms with Crippen LogP contribution in [0, 0.1) is 23.7 Å². The molecule has 0 N–H and O–H groups in total. The number of rotatable bonds is 3. The number of fused-ring (bicyclic) bond motifs is 2. The van der Waals surface area contributed by atoms with Crippen LogP contribution in [0.1, 0.15) is 32.6 Å². The van der Waals surface area contributed by atoms with E-state index in [2.05, 4.69) is 24.0 Å². The lowest BCUT2D eigenvalue weighted by Crippen LogP contribution is -2.49. The predicted octanol–water partition coefficient (Wildman–Crippen LogP) is 2.47. The summed E-state index contributed by atoms with van der Waals surface area (Å²) in [7, 11) is 1.51. The van der Waals surface area contributed by atoms with Crippen LogP contribution in [0.15, 0.2) is 12.2 Å². The lowest BCUT2D eigenvalue weighted by atomic mass is 9.88. The van der Waals surface area contributed by atoms with E-state index in [1.165, 1.54) is 26.4 Å². The topological polar surface area (TPSA) is 29.5 Å². The number of carbonyl (C=O) groups is 1. The van der Waals surface area contributed by atoms with Gasteiger partial charge in [-0.25, -0.2) is 0 Å². The van der Waals surface area contributed by atoms with E-state index in [1.54, 1.807) is 0 Å². The second-order valence-electron chi connectivity index (χ2n) is 6.70. The highest BCUT2D eigenvalue weighted by Crippen LogP contribution is 2.44. The molecule has 0 unspecified atom stereocenters. The van der Waals surface area contributed by atoms with E-state index in [0.29, 0.717) is 5.92 Å². The van der Waals surface area contributed by atoms with Crippen LogP contribution in [0.5, 0.6) is 0 Å². The van der Waals surface area contributed by atoms with Crippen LogP contribution in [0.2, 0.25) is 0 Å². The molecule has 1 aliphatic heterocycles. The normalized spacial score (nSPS) is 41.7. The van der Waals surface area contributed by atoms with E-state index in [0.717, 1.165) is 37.3 Å². The van der Waals surface area contributed by atoms with Crippen molar-refractivity contribution in [1.29, 1.82) is 0 Å². The predicted molar refractivity (Wildman–Crippen MR) is 74.6 cm³/mol. The Labute approximate surface area is 116 Å². The Balaban J connectivity index is 1.64. The van der Waals surface area contributed by atoms with Crippen molar-refractivity contribution in [3.8, 4) is 0 Å². The molecule has 1 saturated heterocycles. The summed E-state index contributed by atoms with van der Waals surface area (Å²) in [6, 6.07) is -0.00291. The Hall–Kier alpha value is -0.830. The summed E-state index contributed by atoms with van der Waals surface area (Å²) in [5.74, 6) is 2.94. The molecule has 3 heteroatoms. The van der Waals surface area contributed by atoms with Gasteiger partial charge in [-0.15, -0.1) is 0 Å². The molecule has 1 heterocycles. The largest absolute Gasteiger partial charge is 0.468 e. The first kappa shape index (κ1) is 13.2. The molecular weight excluding hydrogens is 238 g/mol. The Morgan fingerprint density at radius 2 is 2.16 bits per heavy atom. The van der Waals surface area contributed by atoms with Crippen molar-refractivity contribution in [3.63, 3.8) is 0 Å². The zero-order chi connectivity index (χ0) is 13.4. The second-order valence-corrected chi connectivity index (χ2v) is 6.70. The smallest absolute Gasteiger partial charge is 0.323 e. The molecule has 3 rings (SSSR count). The standard InChI is InChI=1S/C16H25NO2/c1-11-5-6-17(15(7-11)16(18)19-2)10-14-9-12-3-4-13(14)8-12/h3-4,11-15H,5-10H2,1-2H3/t11-,12+,13+,14-,15+/m1/s1. The first-order chi connectivity index (χ1) is 9.17. The zero-order valence-corrected chi connectivity index (χ0v) is 12.0. The second kappa shape index (κ2) is 5.28. The van der Waals surface area contributed by atoms with Crippen molar-refractivity contribution < 1.29 is 9.53 Å². The Bertz CT molecular complexity index is 379. The molecule has 2 fully saturated rings. The van der Waals surface area contributed by atoms with Crippen LogP contribution in [-0.2, 0) is 9.53 Å². The maximum atomic E-state index is 12.0. The van der Waals surface area contributed by atoms with Gasteiger partial charge >= 0.3 is 5.97 Å². The van der Waals surface area contributed by atoms with E-state index in [1.807, 2.05) is 0 Å². The molecule has 0 spiro atoms. The van der Waals surface area contributed by atoms with Crippen molar-refractivity contribution in [2.24, 2.45) is 23.7 Å². The molecule has 3 aliphatic rings. The van der Waals surface area contributed by atoms with Crippen molar-refractivity contribution in [3.05, 3.63) is 12.2 Å². The Morgan fingerprint density at radius 3 is 2.79 bits per heavy atom. The fourth-order valence-electron chi connectivity index (χ4n) is 4.20. The SMILES string of the molecule is COC(=O)[C@@H]1C[C@H](C)CCN1C[C@H]1C[C@H]2C=C[C@H]1C2.